The minimum Gasteiger partial charge on any atom is -0.368 e. The summed E-state index contributed by atoms with van der Waals surface area (Å²) in [5.41, 5.74) is 4.80. The Morgan fingerprint density at radius 2 is 1.79 bits per heavy atom. The molecular weight excluding hydrogens is 468 g/mol. The first kappa shape index (κ1) is 22.7. The molecule has 0 radical (unpaired) electrons. The Labute approximate surface area is 208 Å². The molecule has 0 atom stereocenters. The van der Waals surface area contributed by atoms with Gasteiger partial charge in [-0.25, -0.2) is 4.98 Å². The average molecular weight is 493 g/mol. The number of aromatic nitrogens is 1. The van der Waals surface area contributed by atoms with E-state index in [-0.39, 0.29) is 11.8 Å². The van der Waals surface area contributed by atoms with Crippen LogP contribution in [0, 0.1) is 6.92 Å². The summed E-state index contributed by atoms with van der Waals surface area (Å²) in [5, 5.41) is 1.60. The van der Waals surface area contributed by atoms with Crippen LogP contribution in [0.15, 0.2) is 65.8 Å². The van der Waals surface area contributed by atoms with Crippen molar-refractivity contribution in [2.24, 2.45) is 0 Å². The van der Waals surface area contributed by atoms with Crippen LogP contribution in [0.4, 0.5) is 11.4 Å². The summed E-state index contributed by atoms with van der Waals surface area (Å²) in [5.74, 6) is 0.494. The Bertz CT molecular complexity index is 1230. The van der Waals surface area contributed by atoms with Crippen LogP contribution in [0.3, 0.4) is 0 Å². The minimum atomic E-state index is 0.0361. The zero-order valence-corrected chi connectivity index (χ0v) is 20.5. The molecule has 0 spiro atoms. The molecule has 5 rings (SSSR count). The Morgan fingerprint density at radius 1 is 1.03 bits per heavy atom. The maximum Gasteiger partial charge on any atom is 0.253 e. The summed E-state index contributed by atoms with van der Waals surface area (Å²) in [6.07, 6.45) is 1.75. The molecular formula is C26H25ClN4O2S. The van der Waals surface area contributed by atoms with Gasteiger partial charge in [0.1, 0.15) is 5.03 Å². The molecule has 1 saturated heterocycles. The number of halogens is 1. The van der Waals surface area contributed by atoms with Gasteiger partial charge in [0, 0.05) is 48.6 Å². The standard InChI is InChI=1S/C26H25ClN4O2S/c1-18-4-9-21(27)15-23(18)29-11-13-30(14-12-29)26(33)20-7-5-19(6-8-20)16-31-22-3-2-10-28-25(22)34-17-24(31)32/h2-10,15H,11-14,16-17H2,1H3. The molecule has 1 fully saturated rings. The number of hydrogen-bond donors (Lipinski definition) is 0. The Balaban J connectivity index is 1.23. The number of rotatable bonds is 4. The third-order valence-corrected chi connectivity index (χ3v) is 7.51. The molecule has 0 bridgehead atoms. The van der Waals surface area contributed by atoms with Gasteiger partial charge in [0.05, 0.1) is 18.0 Å². The number of thioether (sulfide) groups is 1. The van der Waals surface area contributed by atoms with Gasteiger partial charge in [-0.05, 0) is 54.4 Å². The van der Waals surface area contributed by atoms with Crippen LogP contribution < -0.4 is 9.80 Å². The zero-order chi connectivity index (χ0) is 23.7. The second-order valence-corrected chi connectivity index (χ2v) is 9.90. The fourth-order valence-electron chi connectivity index (χ4n) is 4.41. The molecule has 2 aromatic carbocycles. The van der Waals surface area contributed by atoms with Crippen molar-refractivity contribution >= 4 is 46.6 Å². The molecule has 2 aliphatic rings. The highest BCUT2D eigenvalue weighted by atomic mass is 35.5. The predicted molar refractivity (Wildman–Crippen MR) is 137 cm³/mol. The molecule has 2 aliphatic heterocycles. The molecule has 8 heteroatoms. The van der Waals surface area contributed by atoms with E-state index in [2.05, 4.69) is 16.8 Å². The topological polar surface area (TPSA) is 56.8 Å². The van der Waals surface area contributed by atoms with Gasteiger partial charge in [0.25, 0.3) is 5.91 Å². The largest absolute Gasteiger partial charge is 0.368 e. The van der Waals surface area contributed by atoms with Gasteiger partial charge < -0.3 is 14.7 Å². The predicted octanol–water partition coefficient (Wildman–Crippen LogP) is 4.64. The molecule has 0 saturated carbocycles. The first-order valence-electron chi connectivity index (χ1n) is 11.3. The van der Waals surface area contributed by atoms with Crippen molar-refractivity contribution in [1.82, 2.24) is 9.88 Å². The first-order chi connectivity index (χ1) is 16.5. The van der Waals surface area contributed by atoms with E-state index in [1.54, 1.807) is 11.1 Å². The highest BCUT2D eigenvalue weighted by Crippen LogP contribution is 2.34. The van der Waals surface area contributed by atoms with E-state index in [0.29, 0.717) is 31.0 Å². The number of pyridine rings is 1. The van der Waals surface area contributed by atoms with Crippen molar-refractivity contribution in [3.8, 4) is 0 Å². The molecule has 0 unspecified atom stereocenters. The van der Waals surface area contributed by atoms with Gasteiger partial charge in [0.2, 0.25) is 5.91 Å². The lowest BCUT2D eigenvalue weighted by Crippen LogP contribution is -2.49. The molecule has 3 heterocycles. The van der Waals surface area contributed by atoms with Crippen LogP contribution in [0.1, 0.15) is 21.5 Å². The summed E-state index contributed by atoms with van der Waals surface area (Å²) in [6, 6.07) is 17.3. The summed E-state index contributed by atoms with van der Waals surface area (Å²) in [4.78, 5) is 35.9. The van der Waals surface area contributed by atoms with Crippen LogP contribution in [0.25, 0.3) is 0 Å². The number of benzene rings is 2. The number of carbonyl (C=O) groups is 2. The number of anilines is 2. The van der Waals surface area contributed by atoms with Crippen molar-refractivity contribution in [2.75, 3.05) is 41.7 Å². The second kappa shape index (κ2) is 9.68. The maximum atomic E-state index is 13.1. The minimum absolute atomic E-state index is 0.0361. The number of fused-ring (bicyclic) bond motifs is 1. The van der Waals surface area contributed by atoms with E-state index in [9.17, 15) is 9.59 Å². The average Bonchev–Trinajstić information content (AvgIpc) is 2.87. The molecule has 1 aromatic heterocycles. The number of piperazine rings is 1. The van der Waals surface area contributed by atoms with Crippen molar-refractivity contribution in [1.29, 1.82) is 0 Å². The third kappa shape index (κ3) is 4.63. The lowest BCUT2D eigenvalue weighted by atomic mass is 10.1. The lowest BCUT2D eigenvalue weighted by Gasteiger charge is -2.37. The van der Waals surface area contributed by atoms with E-state index in [0.717, 1.165) is 40.1 Å². The van der Waals surface area contributed by atoms with Crippen molar-refractivity contribution in [3.63, 3.8) is 0 Å². The van der Waals surface area contributed by atoms with Crippen molar-refractivity contribution in [2.45, 2.75) is 18.5 Å². The highest BCUT2D eigenvalue weighted by Gasteiger charge is 2.26. The van der Waals surface area contributed by atoms with Crippen LogP contribution in [-0.2, 0) is 11.3 Å². The number of carbonyl (C=O) groups excluding carboxylic acids is 2. The maximum absolute atomic E-state index is 13.1. The van der Waals surface area contributed by atoms with E-state index in [1.807, 2.05) is 59.5 Å². The fourth-order valence-corrected chi connectivity index (χ4v) is 5.45. The molecule has 34 heavy (non-hydrogen) atoms. The monoisotopic (exact) mass is 492 g/mol. The van der Waals surface area contributed by atoms with Crippen LogP contribution in [-0.4, -0.2) is 53.6 Å². The van der Waals surface area contributed by atoms with Crippen molar-refractivity contribution in [3.05, 3.63) is 82.5 Å². The normalized spacial score (nSPS) is 15.9. The van der Waals surface area contributed by atoms with Crippen molar-refractivity contribution < 1.29 is 9.59 Å². The van der Waals surface area contributed by atoms with Crippen LogP contribution in [0.2, 0.25) is 5.02 Å². The first-order valence-corrected chi connectivity index (χ1v) is 12.6. The molecule has 174 valence electrons. The van der Waals surface area contributed by atoms with Crippen LogP contribution in [0.5, 0.6) is 0 Å². The zero-order valence-electron chi connectivity index (χ0n) is 18.9. The highest BCUT2D eigenvalue weighted by molar-refractivity contribution is 8.00. The molecule has 6 nitrogen and oxygen atoms in total. The smallest absolute Gasteiger partial charge is 0.253 e. The summed E-state index contributed by atoms with van der Waals surface area (Å²) >= 11 is 7.66. The van der Waals surface area contributed by atoms with Gasteiger partial charge in [-0.2, -0.15) is 0 Å². The third-order valence-electron chi connectivity index (χ3n) is 6.30. The van der Waals surface area contributed by atoms with Gasteiger partial charge in [0.15, 0.2) is 0 Å². The molecule has 2 amide bonds. The van der Waals surface area contributed by atoms with E-state index >= 15 is 0 Å². The van der Waals surface area contributed by atoms with Gasteiger partial charge in [-0.3, -0.25) is 9.59 Å². The summed E-state index contributed by atoms with van der Waals surface area (Å²) in [6.45, 7) is 5.41. The molecule has 3 aromatic rings. The molecule has 0 aliphatic carbocycles. The van der Waals surface area contributed by atoms with E-state index in [1.165, 1.54) is 17.3 Å². The Hall–Kier alpha value is -3.03. The van der Waals surface area contributed by atoms with Crippen LogP contribution >= 0.6 is 23.4 Å². The number of hydrogen-bond acceptors (Lipinski definition) is 5. The summed E-state index contributed by atoms with van der Waals surface area (Å²) in [7, 11) is 0. The van der Waals surface area contributed by atoms with Gasteiger partial charge >= 0.3 is 0 Å². The quantitative estimate of drug-likeness (QED) is 0.531. The van der Waals surface area contributed by atoms with E-state index < -0.39 is 0 Å². The Kier molecular flexibility index (Phi) is 6.48. The van der Waals surface area contributed by atoms with Gasteiger partial charge in [-0.15, -0.1) is 0 Å². The fraction of sp³-hybridized carbons (Fsp3) is 0.269. The number of nitrogens with zero attached hydrogens (tertiary/aromatic N) is 4. The van der Waals surface area contributed by atoms with Gasteiger partial charge in [-0.1, -0.05) is 41.6 Å². The SMILES string of the molecule is Cc1ccc(Cl)cc1N1CCN(C(=O)c2ccc(CN3C(=O)CSc4ncccc43)cc2)CC1. The second-order valence-electron chi connectivity index (χ2n) is 8.50. The number of amides is 2. The molecule has 0 N–H and O–H groups in total. The number of aryl methyl sites for hydroxylation is 1. The summed E-state index contributed by atoms with van der Waals surface area (Å²) < 4.78 is 0. The van der Waals surface area contributed by atoms with E-state index in [4.69, 9.17) is 11.6 Å². The Morgan fingerprint density at radius 3 is 2.56 bits per heavy atom. The lowest BCUT2D eigenvalue weighted by molar-refractivity contribution is -0.116.